The molecule has 0 rings (SSSR count). The van der Waals surface area contributed by atoms with Crippen LogP contribution < -0.4 is 0 Å². The molecule has 0 saturated heterocycles. The molecule has 0 aromatic carbocycles. The van der Waals surface area contributed by atoms with Gasteiger partial charge >= 0.3 is 39.5 Å². The van der Waals surface area contributed by atoms with Crippen molar-refractivity contribution in [3.05, 3.63) is 0 Å². The van der Waals surface area contributed by atoms with Crippen LogP contribution >= 0.6 is 15.6 Å². The topological polar surface area (TPSA) is 237 Å². The molecule has 0 fully saturated rings. The van der Waals surface area contributed by atoms with Crippen LogP contribution in [0, 0.1) is 11.8 Å². The lowest BCUT2D eigenvalue weighted by molar-refractivity contribution is -0.161. The van der Waals surface area contributed by atoms with Gasteiger partial charge < -0.3 is 33.8 Å². The Morgan fingerprint density at radius 1 is 0.287 bits per heavy atom. The quantitative estimate of drug-likeness (QED) is 0.0222. The van der Waals surface area contributed by atoms with Crippen molar-refractivity contribution in [2.75, 3.05) is 39.6 Å². The Balaban J connectivity index is 5.18. The van der Waals surface area contributed by atoms with Gasteiger partial charge in [-0.25, -0.2) is 9.13 Å². The summed E-state index contributed by atoms with van der Waals surface area (Å²) in [5, 5.41) is 10.6. The highest BCUT2D eigenvalue weighted by Gasteiger charge is 2.30. The van der Waals surface area contributed by atoms with Crippen molar-refractivity contribution in [1.29, 1.82) is 0 Å². The smallest absolute Gasteiger partial charge is 0.462 e. The van der Waals surface area contributed by atoms with Crippen molar-refractivity contribution < 1.29 is 80.2 Å². The molecule has 5 atom stereocenters. The molecule has 0 aromatic rings. The van der Waals surface area contributed by atoms with E-state index in [4.69, 9.17) is 37.0 Å². The van der Waals surface area contributed by atoms with Crippen LogP contribution in [-0.2, 0) is 65.4 Å². The second-order valence-corrected chi connectivity index (χ2v) is 30.9. The molecule has 2 unspecified atom stereocenters. The van der Waals surface area contributed by atoms with Crippen LogP contribution in [0.15, 0.2) is 0 Å². The van der Waals surface area contributed by atoms with Crippen molar-refractivity contribution in [1.82, 2.24) is 0 Å². The van der Waals surface area contributed by atoms with E-state index in [9.17, 15) is 43.2 Å². The molecule has 0 saturated carbocycles. The maximum Gasteiger partial charge on any atom is 0.472 e. The highest BCUT2D eigenvalue weighted by atomic mass is 31.2. The van der Waals surface area contributed by atoms with Gasteiger partial charge in [0.15, 0.2) is 12.2 Å². The molecule has 0 heterocycles. The Morgan fingerprint density at radius 2 is 0.489 bits per heavy atom. The third-order valence-electron chi connectivity index (χ3n) is 17.5. The predicted molar refractivity (Wildman–Crippen MR) is 381 cm³/mol. The molecule has 17 nitrogen and oxygen atoms in total. The van der Waals surface area contributed by atoms with Crippen LogP contribution in [0.5, 0.6) is 0 Å². The third-order valence-corrected chi connectivity index (χ3v) is 19.4. The fourth-order valence-electron chi connectivity index (χ4n) is 11.5. The summed E-state index contributed by atoms with van der Waals surface area (Å²) in [7, 11) is -9.90. The largest absolute Gasteiger partial charge is 0.472 e. The van der Waals surface area contributed by atoms with Crippen LogP contribution in [0.1, 0.15) is 388 Å². The summed E-state index contributed by atoms with van der Waals surface area (Å²) >= 11 is 0. The second-order valence-electron chi connectivity index (χ2n) is 28.0. The summed E-state index contributed by atoms with van der Waals surface area (Å²) in [5.74, 6) is -0.618. The van der Waals surface area contributed by atoms with Crippen molar-refractivity contribution in [2.24, 2.45) is 11.8 Å². The van der Waals surface area contributed by atoms with E-state index in [1.54, 1.807) is 0 Å². The van der Waals surface area contributed by atoms with Gasteiger partial charge in [0.1, 0.15) is 19.3 Å². The fraction of sp³-hybridized carbons (Fsp3) is 0.947. The summed E-state index contributed by atoms with van der Waals surface area (Å²) in [4.78, 5) is 72.7. The first-order valence-corrected chi connectivity index (χ1v) is 42.0. The van der Waals surface area contributed by atoms with Crippen molar-refractivity contribution in [3.8, 4) is 0 Å². The van der Waals surface area contributed by atoms with Gasteiger partial charge in [-0.05, 0) is 37.5 Å². The average molecular weight is 1380 g/mol. The summed E-state index contributed by atoms with van der Waals surface area (Å²) in [6.07, 6.45) is 54.3. The van der Waals surface area contributed by atoms with Crippen LogP contribution in [0.4, 0.5) is 0 Å². The van der Waals surface area contributed by atoms with Crippen molar-refractivity contribution in [3.63, 3.8) is 0 Å². The van der Waals surface area contributed by atoms with Crippen LogP contribution in [0.25, 0.3) is 0 Å². The minimum absolute atomic E-state index is 0.106. The van der Waals surface area contributed by atoms with E-state index in [1.807, 2.05) is 0 Å². The van der Waals surface area contributed by atoms with Crippen molar-refractivity contribution >= 4 is 39.5 Å². The van der Waals surface area contributed by atoms with Crippen molar-refractivity contribution in [2.45, 2.75) is 407 Å². The molecular formula is C75H146O17P2. The molecule has 0 aliphatic carbocycles. The number of carbonyl (C=O) groups is 4. The Hall–Kier alpha value is -1.94. The molecule has 3 N–H and O–H groups in total. The van der Waals surface area contributed by atoms with Gasteiger partial charge in [-0.1, -0.05) is 337 Å². The molecule has 0 aromatic heterocycles. The molecule has 0 aliphatic heterocycles. The highest BCUT2D eigenvalue weighted by Crippen LogP contribution is 2.45. The minimum atomic E-state index is -4.96. The summed E-state index contributed by atoms with van der Waals surface area (Å²) in [5.41, 5.74) is 0. The molecule has 0 radical (unpaired) electrons. The average Bonchev–Trinajstić information content (AvgIpc) is 2.23. The summed E-state index contributed by atoms with van der Waals surface area (Å²) in [6, 6.07) is 0. The summed E-state index contributed by atoms with van der Waals surface area (Å²) < 4.78 is 68.4. The number of unbranched alkanes of at least 4 members (excludes halogenated alkanes) is 44. The Morgan fingerprint density at radius 3 is 0.723 bits per heavy atom. The fourth-order valence-corrected chi connectivity index (χ4v) is 13.1. The first kappa shape index (κ1) is 92.1. The monoisotopic (exact) mass is 1380 g/mol. The van der Waals surface area contributed by atoms with Gasteiger partial charge in [-0.3, -0.25) is 37.3 Å². The van der Waals surface area contributed by atoms with E-state index >= 15 is 0 Å². The molecule has 19 heteroatoms. The molecule has 558 valence electrons. The summed E-state index contributed by atoms with van der Waals surface area (Å²) in [6.45, 7) is 9.54. The SMILES string of the molecule is CCCCCCCCCCCCCCCC(=O)OC[C@H](COP(=O)(O)OC[C@@H](O)COP(=O)(O)OC[C@@H](COC(=O)CCCCCCCCC(C)C)OC(=O)CCCCCCCCCCCCC)OC(=O)CCCCCCCCCCCCCCCCCCCCC(C)C. The number of hydrogen-bond donors (Lipinski definition) is 3. The van der Waals surface area contributed by atoms with Gasteiger partial charge in [-0.15, -0.1) is 0 Å². The molecule has 0 bridgehead atoms. The molecule has 0 spiro atoms. The van der Waals surface area contributed by atoms with E-state index in [1.165, 1.54) is 199 Å². The Labute approximate surface area is 575 Å². The zero-order valence-corrected chi connectivity index (χ0v) is 63.1. The standard InChI is InChI=1S/C75H146O17P2/c1-7-9-11-13-15-17-19-26-31-34-38-45-51-57-72(77)85-63-70(91-75(80)60-54-48-40-36-32-28-25-23-21-20-22-24-27-30-33-37-43-49-55-67(3)4)65-89-93(81,82)87-61-69(76)62-88-94(83,84)90-66-71(64-86-73(78)58-52-46-42-41-44-50-56-68(5)6)92-74(79)59-53-47-39-35-29-18-16-14-12-10-8-2/h67-71,76H,7-66H2,1-6H3,(H,81,82)(H,83,84)/t69-,70-,71-/m1/s1. The van der Waals surface area contributed by atoms with Gasteiger partial charge in [0.2, 0.25) is 0 Å². The molecule has 0 amide bonds. The number of aliphatic hydroxyl groups excluding tert-OH is 1. The minimum Gasteiger partial charge on any atom is -0.462 e. The van der Waals surface area contributed by atoms with Crippen LogP contribution in [-0.4, -0.2) is 96.7 Å². The zero-order chi connectivity index (χ0) is 69.3. The zero-order valence-electron chi connectivity index (χ0n) is 61.3. The number of rotatable bonds is 74. The van der Waals surface area contributed by atoms with E-state index in [2.05, 4.69) is 41.5 Å². The first-order chi connectivity index (χ1) is 45.4. The van der Waals surface area contributed by atoms with E-state index in [0.29, 0.717) is 31.6 Å². The van der Waals surface area contributed by atoms with Crippen LogP contribution in [0.3, 0.4) is 0 Å². The van der Waals surface area contributed by atoms with E-state index < -0.39 is 97.5 Å². The number of ether oxygens (including phenoxy) is 4. The highest BCUT2D eigenvalue weighted by molar-refractivity contribution is 7.47. The lowest BCUT2D eigenvalue weighted by atomic mass is 10.0. The normalized spacial score (nSPS) is 14.0. The number of aliphatic hydroxyl groups is 1. The van der Waals surface area contributed by atoms with Gasteiger partial charge in [0, 0.05) is 25.7 Å². The molecule has 0 aliphatic rings. The molecule has 94 heavy (non-hydrogen) atoms. The number of phosphoric acid groups is 2. The number of phosphoric ester groups is 2. The Bertz CT molecular complexity index is 1820. The van der Waals surface area contributed by atoms with E-state index in [0.717, 1.165) is 102 Å². The second kappa shape index (κ2) is 66.9. The number of hydrogen-bond acceptors (Lipinski definition) is 15. The lowest BCUT2D eigenvalue weighted by Gasteiger charge is -2.21. The first-order valence-electron chi connectivity index (χ1n) is 39.0. The van der Waals surface area contributed by atoms with Gasteiger partial charge in [0.05, 0.1) is 26.4 Å². The Kier molecular flexibility index (Phi) is 65.5. The number of esters is 4. The van der Waals surface area contributed by atoms with Gasteiger partial charge in [-0.2, -0.15) is 0 Å². The van der Waals surface area contributed by atoms with Gasteiger partial charge in [0.25, 0.3) is 0 Å². The lowest BCUT2D eigenvalue weighted by Crippen LogP contribution is -2.30. The maximum absolute atomic E-state index is 13.1. The number of carbonyl (C=O) groups excluding carboxylic acids is 4. The van der Waals surface area contributed by atoms with E-state index in [-0.39, 0.29) is 25.7 Å². The van der Waals surface area contributed by atoms with Crippen LogP contribution in [0.2, 0.25) is 0 Å². The molecular weight excluding hydrogens is 1230 g/mol. The maximum atomic E-state index is 13.1. The third kappa shape index (κ3) is 68.6. The predicted octanol–water partition coefficient (Wildman–Crippen LogP) is 21.9.